The van der Waals surface area contributed by atoms with Gasteiger partial charge in [0, 0.05) is 0 Å². The molecular formula is C13H24O2. The van der Waals surface area contributed by atoms with E-state index >= 15 is 0 Å². The van der Waals surface area contributed by atoms with Gasteiger partial charge in [-0.1, -0.05) is 20.8 Å². The summed E-state index contributed by atoms with van der Waals surface area (Å²) < 4.78 is 6.10. The first-order valence-corrected chi connectivity index (χ1v) is 6.23. The molecule has 3 atom stereocenters. The summed E-state index contributed by atoms with van der Waals surface area (Å²) in [6.07, 6.45) is 5.95. The minimum Gasteiger partial charge on any atom is -0.394 e. The molecule has 15 heavy (non-hydrogen) atoms. The molecule has 0 bridgehead atoms. The van der Waals surface area contributed by atoms with E-state index in [1.807, 2.05) is 0 Å². The van der Waals surface area contributed by atoms with Gasteiger partial charge in [0.05, 0.1) is 18.3 Å². The maximum Gasteiger partial charge on any atom is 0.0814 e. The average Bonchev–Trinajstić information content (AvgIpc) is 2.44. The number of hydrogen-bond acceptors (Lipinski definition) is 2. The molecule has 1 aliphatic heterocycles. The molecule has 0 amide bonds. The smallest absolute Gasteiger partial charge is 0.0814 e. The van der Waals surface area contributed by atoms with Crippen LogP contribution in [0.15, 0.2) is 0 Å². The van der Waals surface area contributed by atoms with Gasteiger partial charge in [0.15, 0.2) is 0 Å². The van der Waals surface area contributed by atoms with Crippen LogP contribution >= 0.6 is 0 Å². The minimum absolute atomic E-state index is 0.0918. The average molecular weight is 212 g/mol. The molecule has 3 unspecified atom stereocenters. The Balaban J connectivity index is 2.08. The highest BCUT2D eigenvalue weighted by atomic mass is 16.5. The summed E-state index contributed by atoms with van der Waals surface area (Å²) in [6.45, 7) is 7.22. The highest BCUT2D eigenvalue weighted by molar-refractivity contribution is 4.98. The van der Waals surface area contributed by atoms with Gasteiger partial charge in [-0.3, -0.25) is 0 Å². The van der Waals surface area contributed by atoms with Crippen molar-refractivity contribution >= 4 is 0 Å². The molecule has 2 rings (SSSR count). The van der Waals surface area contributed by atoms with Crippen molar-refractivity contribution in [3.05, 3.63) is 0 Å². The Bertz CT molecular complexity index is 237. The van der Waals surface area contributed by atoms with Crippen molar-refractivity contribution in [1.29, 1.82) is 0 Å². The molecule has 1 saturated carbocycles. The van der Waals surface area contributed by atoms with Gasteiger partial charge in [-0.15, -0.1) is 0 Å². The Morgan fingerprint density at radius 1 is 1.33 bits per heavy atom. The second-order valence-electron chi connectivity index (χ2n) is 6.50. The van der Waals surface area contributed by atoms with E-state index in [0.29, 0.717) is 5.41 Å². The molecule has 1 N–H and O–H groups in total. The largest absolute Gasteiger partial charge is 0.394 e. The van der Waals surface area contributed by atoms with Crippen LogP contribution in [0.3, 0.4) is 0 Å². The minimum atomic E-state index is 0.0918. The summed E-state index contributed by atoms with van der Waals surface area (Å²) >= 11 is 0. The Kier molecular flexibility index (Phi) is 2.85. The maximum atomic E-state index is 9.15. The van der Waals surface area contributed by atoms with Crippen LogP contribution in [0.4, 0.5) is 0 Å². The Morgan fingerprint density at radius 3 is 2.60 bits per heavy atom. The van der Waals surface area contributed by atoms with Gasteiger partial charge in [0.25, 0.3) is 0 Å². The predicted octanol–water partition coefficient (Wildman–Crippen LogP) is 2.74. The quantitative estimate of drug-likeness (QED) is 0.724. The van der Waals surface area contributed by atoms with Gasteiger partial charge in [-0.05, 0) is 43.4 Å². The highest BCUT2D eigenvalue weighted by Crippen LogP contribution is 2.50. The van der Waals surface area contributed by atoms with Crippen molar-refractivity contribution in [3.8, 4) is 0 Å². The monoisotopic (exact) mass is 212 g/mol. The topological polar surface area (TPSA) is 29.5 Å². The zero-order valence-corrected chi connectivity index (χ0v) is 10.3. The lowest BCUT2D eigenvalue weighted by Gasteiger charge is -2.45. The Hall–Kier alpha value is -0.0800. The summed E-state index contributed by atoms with van der Waals surface area (Å²) in [5.41, 5.74) is 0.497. The molecule has 0 aromatic heterocycles. The normalized spacial score (nSPS) is 44.8. The van der Waals surface area contributed by atoms with Crippen LogP contribution in [0.5, 0.6) is 0 Å². The van der Waals surface area contributed by atoms with Gasteiger partial charge in [0.2, 0.25) is 0 Å². The lowest BCUT2D eigenvalue weighted by atomic mass is 9.65. The summed E-state index contributed by atoms with van der Waals surface area (Å²) in [5, 5.41) is 9.15. The zero-order chi connectivity index (χ0) is 11.1. The first-order valence-electron chi connectivity index (χ1n) is 6.23. The molecule has 1 spiro atoms. The molecule has 88 valence electrons. The first-order chi connectivity index (χ1) is 6.95. The third kappa shape index (κ3) is 2.36. The molecule has 2 aliphatic rings. The molecule has 0 radical (unpaired) electrons. The Labute approximate surface area is 93.0 Å². The molecule has 2 heteroatoms. The lowest BCUT2D eigenvalue weighted by molar-refractivity contribution is -0.113. The van der Waals surface area contributed by atoms with E-state index in [1.54, 1.807) is 0 Å². The van der Waals surface area contributed by atoms with E-state index in [4.69, 9.17) is 9.84 Å². The summed E-state index contributed by atoms with van der Waals surface area (Å²) in [6, 6.07) is 0. The summed E-state index contributed by atoms with van der Waals surface area (Å²) in [5.74, 6) is 0.756. The number of rotatable bonds is 1. The number of hydrogen-bond donors (Lipinski definition) is 1. The maximum absolute atomic E-state index is 9.15. The van der Waals surface area contributed by atoms with Gasteiger partial charge >= 0.3 is 0 Å². The van der Waals surface area contributed by atoms with Crippen LogP contribution in [0, 0.1) is 11.3 Å². The Morgan fingerprint density at radius 2 is 2.07 bits per heavy atom. The molecular weight excluding hydrogens is 188 g/mol. The molecule has 0 aromatic rings. The fourth-order valence-electron chi connectivity index (χ4n) is 3.97. The predicted molar refractivity (Wildman–Crippen MR) is 60.7 cm³/mol. The van der Waals surface area contributed by atoms with E-state index in [0.717, 1.165) is 18.8 Å². The van der Waals surface area contributed by atoms with Gasteiger partial charge in [-0.2, -0.15) is 0 Å². The van der Waals surface area contributed by atoms with E-state index in [-0.39, 0.29) is 18.3 Å². The van der Waals surface area contributed by atoms with Crippen LogP contribution in [0.2, 0.25) is 0 Å². The van der Waals surface area contributed by atoms with Crippen LogP contribution < -0.4 is 0 Å². The van der Waals surface area contributed by atoms with Crippen molar-refractivity contribution in [2.45, 2.75) is 64.6 Å². The van der Waals surface area contributed by atoms with Gasteiger partial charge in [0.1, 0.15) is 0 Å². The summed E-state index contributed by atoms with van der Waals surface area (Å²) in [4.78, 5) is 0. The van der Waals surface area contributed by atoms with Gasteiger partial charge < -0.3 is 9.84 Å². The standard InChI is InChI=1S/C13H24O2/c1-10-6-12(2,3)9-13(7-10)5-4-11(8-14)15-13/h10-11,14H,4-9H2,1-3H3. The van der Waals surface area contributed by atoms with Crippen molar-refractivity contribution in [2.75, 3.05) is 6.61 Å². The van der Waals surface area contributed by atoms with E-state index in [1.165, 1.54) is 19.3 Å². The third-order valence-corrected chi connectivity index (χ3v) is 3.96. The van der Waals surface area contributed by atoms with Crippen LogP contribution in [-0.2, 0) is 4.74 Å². The second kappa shape index (κ2) is 3.74. The number of aliphatic hydroxyl groups excluding tert-OH is 1. The number of ether oxygens (including phenoxy) is 1. The fraction of sp³-hybridized carbons (Fsp3) is 1.00. The molecule has 1 heterocycles. The third-order valence-electron chi connectivity index (χ3n) is 3.96. The zero-order valence-electron chi connectivity index (χ0n) is 10.3. The fourth-order valence-corrected chi connectivity index (χ4v) is 3.97. The SMILES string of the molecule is CC1CC(C)(C)CC2(CCC(CO)O2)C1. The van der Waals surface area contributed by atoms with Crippen LogP contribution in [0.1, 0.15) is 52.9 Å². The van der Waals surface area contributed by atoms with Crippen molar-refractivity contribution < 1.29 is 9.84 Å². The van der Waals surface area contributed by atoms with Crippen molar-refractivity contribution in [2.24, 2.45) is 11.3 Å². The second-order valence-corrected chi connectivity index (χ2v) is 6.50. The lowest BCUT2D eigenvalue weighted by Crippen LogP contribution is -2.42. The molecule has 1 aliphatic carbocycles. The van der Waals surface area contributed by atoms with E-state index in [2.05, 4.69) is 20.8 Å². The van der Waals surface area contributed by atoms with Crippen LogP contribution in [0.25, 0.3) is 0 Å². The molecule has 2 nitrogen and oxygen atoms in total. The first kappa shape index (κ1) is 11.4. The molecule has 2 fully saturated rings. The highest BCUT2D eigenvalue weighted by Gasteiger charge is 2.47. The summed E-state index contributed by atoms with van der Waals surface area (Å²) in [7, 11) is 0. The van der Waals surface area contributed by atoms with E-state index in [9.17, 15) is 0 Å². The van der Waals surface area contributed by atoms with Crippen molar-refractivity contribution in [3.63, 3.8) is 0 Å². The molecule has 0 aromatic carbocycles. The van der Waals surface area contributed by atoms with E-state index < -0.39 is 0 Å². The van der Waals surface area contributed by atoms with Crippen LogP contribution in [-0.4, -0.2) is 23.4 Å². The molecule has 1 saturated heterocycles. The van der Waals surface area contributed by atoms with Gasteiger partial charge in [-0.25, -0.2) is 0 Å². The van der Waals surface area contributed by atoms with Crippen molar-refractivity contribution in [1.82, 2.24) is 0 Å². The number of aliphatic hydroxyl groups is 1.